The minimum absolute atomic E-state index is 0.0956. The van der Waals surface area contributed by atoms with Crippen LogP contribution in [-0.4, -0.2) is 25.0 Å². The molecule has 2 rings (SSSR count). The Labute approximate surface area is 166 Å². The molecule has 0 aromatic heterocycles. The van der Waals surface area contributed by atoms with Crippen LogP contribution < -0.4 is 15.8 Å². The Morgan fingerprint density at radius 3 is 2.44 bits per heavy atom. The van der Waals surface area contributed by atoms with Crippen molar-refractivity contribution in [3.8, 4) is 5.75 Å². The molecule has 2 amide bonds. The third-order valence-electron chi connectivity index (χ3n) is 3.83. The SMILES string of the molecule is NC(=O)C(CNC(=O)CCOc1ccc(Cl)c(Cl)c1)Cc1ccc(F)cc1. The molecule has 0 bridgehead atoms. The zero-order valence-electron chi connectivity index (χ0n) is 14.4. The molecule has 5 nitrogen and oxygen atoms in total. The summed E-state index contributed by atoms with van der Waals surface area (Å²) in [7, 11) is 0. The molecule has 0 aliphatic carbocycles. The van der Waals surface area contributed by atoms with Crippen molar-refractivity contribution in [2.75, 3.05) is 13.2 Å². The van der Waals surface area contributed by atoms with E-state index in [9.17, 15) is 14.0 Å². The number of rotatable bonds is 9. The molecule has 144 valence electrons. The summed E-state index contributed by atoms with van der Waals surface area (Å²) in [6, 6.07) is 10.6. The van der Waals surface area contributed by atoms with E-state index in [2.05, 4.69) is 5.32 Å². The van der Waals surface area contributed by atoms with Gasteiger partial charge in [-0.25, -0.2) is 4.39 Å². The van der Waals surface area contributed by atoms with Crippen LogP contribution in [0.4, 0.5) is 4.39 Å². The lowest BCUT2D eigenvalue weighted by Gasteiger charge is -2.15. The molecule has 0 saturated carbocycles. The van der Waals surface area contributed by atoms with Gasteiger partial charge in [-0.1, -0.05) is 35.3 Å². The highest BCUT2D eigenvalue weighted by Gasteiger charge is 2.17. The molecule has 1 atom stereocenters. The Balaban J connectivity index is 1.77. The van der Waals surface area contributed by atoms with Gasteiger partial charge in [0.15, 0.2) is 0 Å². The number of hydrogen-bond donors (Lipinski definition) is 2. The van der Waals surface area contributed by atoms with Crippen molar-refractivity contribution < 1.29 is 18.7 Å². The van der Waals surface area contributed by atoms with Crippen LogP contribution in [0.5, 0.6) is 5.75 Å². The number of primary amides is 1. The van der Waals surface area contributed by atoms with E-state index in [-0.39, 0.29) is 31.3 Å². The van der Waals surface area contributed by atoms with Crippen LogP contribution in [0.25, 0.3) is 0 Å². The maximum absolute atomic E-state index is 12.9. The summed E-state index contributed by atoms with van der Waals surface area (Å²) < 4.78 is 18.4. The first-order valence-corrected chi connectivity index (χ1v) is 8.99. The van der Waals surface area contributed by atoms with Gasteiger partial charge in [0.1, 0.15) is 11.6 Å². The molecule has 0 fully saturated rings. The summed E-state index contributed by atoms with van der Waals surface area (Å²) in [6.45, 7) is 0.237. The molecule has 0 aliphatic rings. The molecule has 0 saturated heterocycles. The van der Waals surface area contributed by atoms with E-state index in [1.807, 2.05) is 0 Å². The normalized spacial score (nSPS) is 11.7. The van der Waals surface area contributed by atoms with Crippen LogP contribution in [0.1, 0.15) is 12.0 Å². The summed E-state index contributed by atoms with van der Waals surface area (Å²) in [5.74, 6) is -1.25. The number of halogens is 3. The van der Waals surface area contributed by atoms with E-state index >= 15 is 0 Å². The average Bonchev–Trinajstić information content (AvgIpc) is 2.63. The Kier molecular flexibility index (Phi) is 7.88. The van der Waals surface area contributed by atoms with E-state index in [0.29, 0.717) is 22.2 Å². The third kappa shape index (κ3) is 7.07. The first kappa shape index (κ1) is 21.0. The molecule has 1 unspecified atom stereocenters. The lowest BCUT2D eigenvalue weighted by atomic mass is 9.98. The maximum Gasteiger partial charge on any atom is 0.223 e. The Hall–Kier alpha value is -2.31. The fourth-order valence-corrected chi connectivity index (χ4v) is 2.62. The number of nitrogens with two attached hydrogens (primary N) is 1. The van der Waals surface area contributed by atoms with Crippen molar-refractivity contribution in [2.24, 2.45) is 11.7 Å². The smallest absolute Gasteiger partial charge is 0.223 e. The minimum Gasteiger partial charge on any atom is -0.493 e. The monoisotopic (exact) mass is 412 g/mol. The largest absolute Gasteiger partial charge is 0.493 e. The predicted molar refractivity (Wildman–Crippen MR) is 102 cm³/mol. The van der Waals surface area contributed by atoms with Gasteiger partial charge >= 0.3 is 0 Å². The maximum atomic E-state index is 12.9. The number of carbonyl (C=O) groups is 2. The lowest BCUT2D eigenvalue weighted by Crippen LogP contribution is -2.37. The summed E-state index contributed by atoms with van der Waals surface area (Å²) in [5.41, 5.74) is 6.15. The van der Waals surface area contributed by atoms with Gasteiger partial charge < -0.3 is 15.8 Å². The van der Waals surface area contributed by atoms with Crippen molar-refractivity contribution in [2.45, 2.75) is 12.8 Å². The van der Waals surface area contributed by atoms with Gasteiger partial charge in [0, 0.05) is 12.6 Å². The van der Waals surface area contributed by atoms with Crippen molar-refractivity contribution in [1.82, 2.24) is 5.32 Å². The summed E-state index contributed by atoms with van der Waals surface area (Å²) >= 11 is 11.7. The number of benzene rings is 2. The van der Waals surface area contributed by atoms with Gasteiger partial charge in [0.25, 0.3) is 0 Å². The average molecular weight is 413 g/mol. The zero-order chi connectivity index (χ0) is 19.8. The van der Waals surface area contributed by atoms with E-state index in [1.165, 1.54) is 12.1 Å². The van der Waals surface area contributed by atoms with E-state index in [4.69, 9.17) is 33.7 Å². The van der Waals surface area contributed by atoms with Crippen LogP contribution in [0.15, 0.2) is 42.5 Å². The third-order valence-corrected chi connectivity index (χ3v) is 4.57. The van der Waals surface area contributed by atoms with Gasteiger partial charge in [-0.2, -0.15) is 0 Å². The van der Waals surface area contributed by atoms with Gasteiger partial charge in [0.2, 0.25) is 11.8 Å². The minimum atomic E-state index is -0.588. The highest BCUT2D eigenvalue weighted by molar-refractivity contribution is 6.42. The second-order valence-electron chi connectivity index (χ2n) is 5.91. The first-order valence-electron chi connectivity index (χ1n) is 8.23. The second-order valence-corrected chi connectivity index (χ2v) is 6.72. The van der Waals surface area contributed by atoms with Crippen molar-refractivity contribution in [3.63, 3.8) is 0 Å². The fraction of sp³-hybridized carbons (Fsp3) is 0.263. The highest BCUT2D eigenvalue weighted by Crippen LogP contribution is 2.26. The number of carbonyl (C=O) groups excluding carboxylic acids is 2. The predicted octanol–water partition coefficient (Wildman–Crippen LogP) is 3.36. The highest BCUT2D eigenvalue weighted by atomic mass is 35.5. The molecule has 3 N–H and O–H groups in total. The fourth-order valence-electron chi connectivity index (χ4n) is 2.33. The number of hydrogen-bond acceptors (Lipinski definition) is 3. The van der Waals surface area contributed by atoms with E-state index in [1.54, 1.807) is 30.3 Å². The van der Waals surface area contributed by atoms with Gasteiger partial charge in [-0.3, -0.25) is 9.59 Å². The number of amides is 2. The van der Waals surface area contributed by atoms with Crippen LogP contribution in [0.2, 0.25) is 10.0 Å². The molecular weight excluding hydrogens is 394 g/mol. The van der Waals surface area contributed by atoms with Crippen LogP contribution >= 0.6 is 23.2 Å². The van der Waals surface area contributed by atoms with Crippen LogP contribution in [-0.2, 0) is 16.0 Å². The Morgan fingerprint density at radius 1 is 1.11 bits per heavy atom. The molecule has 0 aliphatic heterocycles. The molecular formula is C19H19Cl2FN2O3. The van der Waals surface area contributed by atoms with E-state index in [0.717, 1.165) is 5.56 Å². The van der Waals surface area contributed by atoms with Crippen molar-refractivity contribution >= 4 is 35.0 Å². The molecule has 8 heteroatoms. The van der Waals surface area contributed by atoms with Gasteiger partial charge in [0.05, 0.1) is 29.0 Å². The number of ether oxygens (including phenoxy) is 1. The summed E-state index contributed by atoms with van der Waals surface area (Å²) in [6.07, 6.45) is 0.415. The van der Waals surface area contributed by atoms with Crippen LogP contribution in [0, 0.1) is 11.7 Å². The summed E-state index contributed by atoms with van der Waals surface area (Å²) in [4.78, 5) is 23.5. The number of nitrogens with one attached hydrogen (secondary N) is 1. The first-order chi connectivity index (χ1) is 12.8. The Morgan fingerprint density at radius 2 is 1.81 bits per heavy atom. The molecule has 27 heavy (non-hydrogen) atoms. The topological polar surface area (TPSA) is 81.4 Å². The molecule has 0 radical (unpaired) electrons. The second kappa shape index (κ2) is 10.1. The van der Waals surface area contributed by atoms with Gasteiger partial charge in [-0.05, 0) is 36.2 Å². The van der Waals surface area contributed by atoms with Crippen molar-refractivity contribution in [3.05, 3.63) is 63.9 Å². The molecule has 2 aromatic carbocycles. The Bertz CT molecular complexity index is 800. The molecule has 2 aromatic rings. The lowest BCUT2D eigenvalue weighted by molar-refractivity contribution is -0.123. The van der Waals surface area contributed by atoms with E-state index < -0.39 is 11.8 Å². The zero-order valence-corrected chi connectivity index (χ0v) is 15.9. The molecule has 0 spiro atoms. The van der Waals surface area contributed by atoms with Crippen LogP contribution in [0.3, 0.4) is 0 Å². The standard InChI is InChI=1S/C19H19Cl2FN2O3/c20-16-6-5-15(10-17(16)21)27-8-7-18(25)24-11-13(19(23)26)9-12-1-3-14(22)4-2-12/h1-6,10,13H,7-9,11H2,(H2,23,26)(H,24,25). The van der Waals surface area contributed by atoms with Crippen molar-refractivity contribution in [1.29, 1.82) is 0 Å². The summed E-state index contributed by atoms with van der Waals surface area (Å²) in [5, 5.41) is 3.44. The van der Waals surface area contributed by atoms with Gasteiger partial charge in [-0.15, -0.1) is 0 Å². The quantitative estimate of drug-likeness (QED) is 0.662. The molecule has 0 heterocycles.